The normalized spacial score (nSPS) is 11.8. The zero-order valence-corrected chi connectivity index (χ0v) is 77.8. The summed E-state index contributed by atoms with van der Waals surface area (Å²) in [5.74, 6) is 1.57. The minimum Gasteiger partial charge on any atom is -0.529 e. The predicted octanol–water partition coefficient (Wildman–Crippen LogP) is 20.9. The van der Waals surface area contributed by atoms with Gasteiger partial charge in [-0.1, -0.05) is 364 Å². The SMILES string of the molecule is Brc1cc(C(c2cc(Br)c(O[Si](c3ccccc3)(c3ccccc3)c3ccccc3)c(Br)c2)C(c2cc(Br)c(O[Si](c3ccccc3)(c3ccccc3)c3ccccc3)c(Br)c2)c2cc(Br)c(O[Si](c3ccccc3)(c3ccccc3)c3ccccc3)c(Br)c2)cc(Br)c1O[Si](c1ccccc1)(c1ccccc1)c1ccccc1. The fraction of sp³-hybridized carbons (Fsp3) is 0.0204. The molecule has 16 aromatic rings. The molecule has 0 aromatic heterocycles. The van der Waals surface area contributed by atoms with Gasteiger partial charge in [-0.2, -0.15) is 0 Å². The second-order valence-corrected chi connectivity index (χ2v) is 47.8. The largest absolute Gasteiger partial charge is 0.529 e. The van der Waals surface area contributed by atoms with Crippen LogP contribution in [0.15, 0.2) is 448 Å². The highest BCUT2D eigenvalue weighted by Crippen LogP contribution is 2.53. The van der Waals surface area contributed by atoms with Gasteiger partial charge in [-0.25, -0.2) is 0 Å². The van der Waals surface area contributed by atoms with Crippen LogP contribution in [0.4, 0.5) is 0 Å². The molecule has 16 rings (SSSR count). The van der Waals surface area contributed by atoms with Gasteiger partial charge in [0.1, 0.15) is 23.0 Å². The Kier molecular flexibility index (Phi) is 24.7. The maximum atomic E-state index is 8.03. The van der Waals surface area contributed by atoms with E-state index in [0.717, 1.165) is 120 Å². The Morgan fingerprint density at radius 1 is 0.149 bits per heavy atom. The molecule has 114 heavy (non-hydrogen) atoms. The molecule has 0 radical (unpaired) electrons. The van der Waals surface area contributed by atoms with Crippen molar-refractivity contribution in [2.45, 2.75) is 11.8 Å². The van der Waals surface area contributed by atoms with Gasteiger partial charge in [-0.3, -0.25) is 0 Å². The van der Waals surface area contributed by atoms with Crippen LogP contribution in [0.2, 0.25) is 0 Å². The molecular weight excluding hydrogens is 1990 g/mol. The third-order valence-corrected chi connectivity index (χ3v) is 41.5. The second-order valence-electron chi connectivity index (χ2n) is 27.7. The van der Waals surface area contributed by atoms with Crippen LogP contribution in [0, 0.1) is 0 Å². The topological polar surface area (TPSA) is 36.9 Å². The molecule has 0 bridgehead atoms. The standard InChI is InChI=1S/C98H70Br8O4Si4/c99-85-61-69(62-86(100)95(85)107-111(73-37-13-1-14-38-73,74-39-15-2-16-40-74)75-41-17-3-18-42-75)93(70-63-87(101)96(88(102)64-70)108-112(76-43-19-4-20-44-76,77-45-21-5-22-46-77)78-47-23-6-24-48-78)94(71-65-89(103)97(90(104)66-71)109-113(79-49-25-7-26-50-79,80-51-27-8-28-52-80)81-53-29-9-30-54-81)72-67-91(105)98(92(106)68-72)110-114(82-55-31-10-32-56-82,83-57-33-11-34-58-83)84-59-35-12-36-60-84/h1-68,93-94H. The fourth-order valence-corrected chi connectivity index (χ4v) is 38.2. The predicted molar refractivity (Wildman–Crippen MR) is 509 cm³/mol. The quantitative estimate of drug-likeness (QED) is 0.0422. The van der Waals surface area contributed by atoms with Gasteiger partial charge >= 0.3 is 33.3 Å². The molecule has 16 heteroatoms. The summed E-state index contributed by atoms with van der Waals surface area (Å²) in [7, 11) is -13.6. The minimum atomic E-state index is -3.40. The van der Waals surface area contributed by atoms with Crippen LogP contribution in [0.3, 0.4) is 0 Å². The lowest BCUT2D eigenvalue weighted by Crippen LogP contribution is -2.71. The number of rotatable bonds is 25. The van der Waals surface area contributed by atoms with E-state index >= 15 is 0 Å². The average molecular weight is 2060 g/mol. The van der Waals surface area contributed by atoms with E-state index in [4.69, 9.17) is 17.7 Å². The molecule has 4 nitrogen and oxygen atoms in total. The first-order valence-electron chi connectivity index (χ1n) is 37.2. The summed E-state index contributed by atoms with van der Waals surface area (Å²) in [6, 6.07) is 146. The van der Waals surface area contributed by atoms with Gasteiger partial charge in [-0.15, -0.1) is 0 Å². The molecule has 0 heterocycles. The van der Waals surface area contributed by atoms with E-state index in [1.807, 2.05) is 0 Å². The summed E-state index contributed by atoms with van der Waals surface area (Å²) in [5.41, 5.74) is 3.83. The van der Waals surface area contributed by atoms with Crippen LogP contribution in [-0.4, -0.2) is 33.3 Å². The third-order valence-electron chi connectivity index (χ3n) is 21.0. The molecule has 16 aromatic carbocycles. The van der Waals surface area contributed by atoms with E-state index in [-0.39, 0.29) is 0 Å². The van der Waals surface area contributed by atoms with Crippen molar-refractivity contribution >= 4 is 223 Å². The van der Waals surface area contributed by atoms with E-state index in [0.29, 0.717) is 23.0 Å². The molecule has 0 aliphatic rings. The van der Waals surface area contributed by atoms with Crippen molar-refractivity contribution in [2.75, 3.05) is 0 Å². The lowest BCUT2D eigenvalue weighted by Gasteiger charge is -2.36. The van der Waals surface area contributed by atoms with Crippen molar-refractivity contribution in [3.8, 4) is 23.0 Å². The lowest BCUT2D eigenvalue weighted by molar-refractivity contribution is 0.563. The Hall–Kier alpha value is -8.57. The monoisotopic (exact) mass is 2050 g/mol. The molecule has 0 atom stereocenters. The summed E-state index contributed by atoms with van der Waals surface area (Å²) in [4.78, 5) is 0. The molecule has 0 amide bonds. The highest BCUT2D eigenvalue weighted by Gasteiger charge is 2.50. The van der Waals surface area contributed by atoms with E-state index in [1.54, 1.807) is 0 Å². The summed E-state index contributed by atoms with van der Waals surface area (Å²) in [5, 5.41) is 13.2. The number of hydrogen-bond donors (Lipinski definition) is 0. The maximum absolute atomic E-state index is 8.03. The molecule has 0 spiro atoms. The lowest BCUT2D eigenvalue weighted by atomic mass is 9.73. The van der Waals surface area contributed by atoms with Gasteiger partial charge in [0, 0.05) is 11.8 Å². The van der Waals surface area contributed by atoms with Gasteiger partial charge < -0.3 is 17.7 Å². The van der Waals surface area contributed by atoms with Gasteiger partial charge in [0.25, 0.3) is 0 Å². The first-order chi connectivity index (χ1) is 55.8. The van der Waals surface area contributed by atoms with Gasteiger partial charge in [0.2, 0.25) is 0 Å². The highest BCUT2D eigenvalue weighted by atomic mass is 79.9. The smallest absolute Gasteiger partial charge is 0.347 e. The Balaban J connectivity index is 0.954. The second kappa shape index (κ2) is 35.5. The zero-order valence-electron chi connectivity index (χ0n) is 61.1. The maximum Gasteiger partial charge on any atom is 0.347 e. The molecular formula is C98H70Br8O4Si4. The first kappa shape index (κ1) is 79.3. The van der Waals surface area contributed by atoms with E-state index in [2.05, 4.69) is 540 Å². The molecule has 0 fully saturated rings. The van der Waals surface area contributed by atoms with Gasteiger partial charge in [0.15, 0.2) is 0 Å². The number of halogens is 8. The Morgan fingerprint density at radius 3 is 0.342 bits per heavy atom. The fourth-order valence-electron chi connectivity index (χ4n) is 16.0. The van der Waals surface area contributed by atoms with E-state index < -0.39 is 45.1 Å². The first-order valence-corrected chi connectivity index (χ1v) is 51.2. The summed E-state index contributed by atoms with van der Waals surface area (Å²) >= 11 is 34.6. The summed E-state index contributed by atoms with van der Waals surface area (Å²) in [6.45, 7) is 0. The molecule has 0 unspecified atom stereocenters. The molecule has 558 valence electrons. The van der Waals surface area contributed by atoms with Crippen LogP contribution in [-0.2, 0) is 0 Å². The van der Waals surface area contributed by atoms with Crippen LogP contribution in [0.5, 0.6) is 23.0 Å². The van der Waals surface area contributed by atoms with Crippen LogP contribution in [0.1, 0.15) is 34.1 Å². The molecule has 0 saturated heterocycles. The summed E-state index contributed by atoms with van der Waals surface area (Å²) in [6.07, 6.45) is 0. The average Bonchev–Trinajstić information content (AvgIpc) is 0.763. The Labute approximate surface area is 737 Å². The number of benzene rings is 16. The van der Waals surface area contributed by atoms with Gasteiger partial charge in [-0.05, 0) is 260 Å². The van der Waals surface area contributed by atoms with Crippen molar-refractivity contribution in [2.24, 2.45) is 0 Å². The molecule has 0 N–H and O–H groups in total. The van der Waals surface area contributed by atoms with Crippen molar-refractivity contribution in [1.82, 2.24) is 0 Å². The minimum absolute atomic E-state index is 0.541. The molecule has 0 aliphatic carbocycles. The summed E-state index contributed by atoms with van der Waals surface area (Å²) < 4.78 is 38.2. The van der Waals surface area contributed by atoms with Crippen LogP contribution >= 0.6 is 127 Å². The van der Waals surface area contributed by atoms with E-state index in [1.165, 1.54) is 0 Å². The van der Waals surface area contributed by atoms with Crippen molar-refractivity contribution in [3.63, 3.8) is 0 Å². The molecule has 0 aliphatic heterocycles. The van der Waals surface area contributed by atoms with E-state index in [9.17, 15) is 0 Å². The van der Waals surface area contributed by atoms with Crippen LogP contribution in [0.25, 0.3) is 0 Å². The van der Waals surface area contributed by atoms with Crippen LogP contribution < -0.4 is 79.9 Å². The Bertz CT molecular complexity index is 4760. The van der Waals surface area contributed by atoms with Crippen molar-refractivity contribution < 1.29 is 17.7 Å². The van der Waals surface area contributed by atoms with Crippen molar-refractivity contribution in [1.29, 1.82) is 0 Å². The number of hydrogen-bond acceptors (Lipinski definition) is 4. The highest BCUT2D eigenvalue weighted by molar-refractivity contribution is 9.12. The Morgan fingerprint density at radius 2 is 0.246 bits per heavy atom. The van der Waals surface area contributed by atoms with Crippen molar-refractivity contribution in [3.05, 3.63) is 471 Å². The third kappa shape index (κ3) is 15.6. The molecule has 0 saturated carbocycles. The van der Waals surface area contributed by atoms with Gasteiger partial charge in [0.05, 0.1) is 35.8 Å². The zero-order chi connectivity index (χ0) is 78.2.